The molecule has 0 spiro atoms. The monoisotopic (exact) mass is 712 g/mol. The molecule has 0 aliphatic carbocycles. The lowest BCUT2D eigenvalue weighted by Gasteiger charge is -2.43. The van der Waals surface area contributed by atoms with E-state index >= 15 is 4.79 Å². The molecule has 15 heteroatoms. The van der Waals surface area contributed by atoms with E-state index in [1.165, 1.54) is 56.8 Å². The number of rotatable bonds is 9. The van der Waals surface area contributed by atoms with Gasteiger partial charge in [-0.05, 0) is 82.4 Å². The summed E-state index contributed by atoms with van der Waals surface area (Å²) in [5.74, 6) is -0.541. The third-order valence-electron chi connectivity index (χ3n) is 9.53. The van der Waals surface area contributed by atoms with Crippen LogP contribution in [-0.4, -0.2) is 113 Å². The largest absolute Gasteiger partial charge is 0.497 e. The zero-order valence-corrected chi connectivity index (χ0v) is 29.6. The van der Waals surface area contributed by atoms with E-state index in [1.54, 1.807) is 24.0 Å². The summed E-state index contributed by atoms with van der Waals surface area (Å²) in [5, 5.41) is 3.22. The minimum Gasteiger partial charge on any atom is -0.497 e. The van der Waals surface area contributed by atoms with Crippen molar-refractivity contribution in [1.82, 2.24) is 25.0 Å². The molecule has 49 heavy (non-hydrogen) atoms. The first-order valence-corrected chi connectivity index (χ1v) is 18.1. The van der Waals surface area contributed by atoms with Crippen LogP contribution in [0.5, 0.6) is 17.4 Å². The van der Waals surface area contributed by atoms with Crippen LogP contribution in [-0.2, 0) is 20.4 Å². The number of halogens is 1. The maximum absolute atomic E-state index is 15.1. The average Bonchev–Trinajstić information content (AvgIpc) is 3.36. The van der Waals surface area contributed by atoms with Gasteiger partial charge in [-0.15, -0.1) is 0 Å². The number of anilines is 1. The van der Waals surface area contributed by atoms with Crippen LogP contribution in [0.4, 0.5) is 10.5 Å². The SMILES string of the molecule is CCOc1ncccc1C1(NC(=O)N2CCN(C3CCN(C)CC3)CC2)C(=O)N(S(=O)(=O)c2ccc(OC)cc2OC)c2ccc(Cl)cc21. The van der Waals surface area contributed by atoms with Gasteiger partial charge in [-0.2, -0.15) is 4.31 Å². The van der Waals surface area contributed by atoms with Crippen LogP contribution in [0.15, 0.2) is 59.6 Å². The number of pyridine rings is 1. The van der Waals surface area contributed by atoms with Crippen molar-refractivity contribution in [2.75, 3.05) is 71.4 Å². The van der Waals surface area contributed by atoms with E-state index in [1.807, 2.05) is 0 Å². The number of benzene rings is 2. The molecular weight excluding hydrogens is 672 g/mol. The predicted octanol–water partition coefficient (Wildman–Crippen LogP) is 3.55. The number of fused-ring (bicyclic) bond motifs is 1. The molecule has 3 aromatic rings. The first-order valence-electron chi connectivity index (χ1n) is 16.2. The van der Waals surface area contributed by atoms with E-state index in [4.69, 9.17) is 25.8 Å². The first kappa shape index (κ1) is 34.7. The molecule has 0 bridgehead atoms. The molecule has 1 N–H and O–H groups in total. The summed E-state index contributed by atoms with van der Waals surface area (Å²) >= 11 is 6.54. The number of piperazine rings is 1. The molecule has 1 aromatic heterocycles. The van der Waals surface area contributed by atoms with Crippen LogP contribution >= 0.6 is 11.6 Å². The molecule has 2 fully saturated rings. The lowest BCUT2D eigenvalue weighted by atomic mass is 9.84. The fourth-order valence-corrected chi connectivity index (χ4v) is 8.73. The minimum absolute atomic E-state index is 0.0194. The summed E-state index contributed by atoms with van der Waals surface area (Å²) in [4.78, 5) is 39.9. The van der Waals surface area contributed by atoms with Gasteiger partial charge in [-0.3, -0.25) is 9.69 Å². The Bertz CT molecular complexity index is 1830. The van der Waals surface area contributed by atoms with Crippen molar-refractivity contribution in [3.8, 4) is 17.4 Å². The summed E-state index contributed by atoms with van der Waals surface area (Å²) in [6.45, 7) is 6.26. The number of aromatic nitrogens is 1. The Morgan fingerprint density at radius 2 is 1.73 bits per heavy atom. The highest BCUT2D eigenvalue weighted by Gasteiger charge is 2.59. The molecule has 13 nitrogen and oxygen atoms in total. The van der Waals surface area contributed by atoms with Crippen molar-refractivity contribution in [3.05, 3.63) is 70.9 Å². The number of piperidine rings is 1. The normalized spacial score (nSPS) is 20.6. The number of nitrogens with zero attached hydrogens (tertiary/aromatic N) is 5. The number of hydrogen-bond acceptors (Lipinski definition) is 10. The number of nitrogens with one attached hydrogen (secondary N) is 1. The number of likely N-dealkylation sites (tertiary alicyclic amines) is 1. The van der Waals surface area contributed by atoms with Crippen LogP contribution in [0, 0.1) is 0 Å². The average molecular weight is 713 g/mol. The lowest BCUT2D eigenvalue weighted by molar-refractivity contribution is -0.121. The van der Waals surface area contributed by atoms with Crippen LogP contribution < -0.4 is 23.8 Å². The predicted molar refractivity (Wildman–Crippen MR) is 184 cm³/mol. The summed E-state index contributed by atoms with van der Waals surface area (Å²) in [6, 6.07) is 11.8. The molecule has 3 amide bonds. The van der Waals surface area contributed by atoms with Gasteiger partial charge < -0.3 is 29.3 Å². The van der Waals surface area contributed by atoms with Gasteiger partial charge in [0.1, 0.15) is 16.4 Å². The molecule has 3 aliphatic rings. The number of amides is 3. The minimum atomic E-state index is -4.65. The molecule has 262 valence electrons. The highest BCUT2D eigenvalue weighted by molar-refractivity contribution is 7.93. The Kier molecular flexibility index (Phi) is 9.94. The maximum Gasteiger partial charge on any atom is 0.318 e. The van der Waals surface area contributed by atoms with E-state index < -0.39 is 27.5 Å². The summed E-state index contributed by atoms with van der Waals surface area (Å²) in [5.41, 5.74) is -1.73. The van der Waals surface area contributed by atoms with Gasteiger partial charge in [0.2, 0.25) is 5.88 Å². The van der Waals surface area contributed by atoms with E-state index in [2.05, 4.69) is 27.1 Å². The van der Waals surface area contributed by atoms with Crippen LogP contribution in [0.2, 0.25) is 5.02 Å². The third-order valence-corrected chi connectivity index (χ3v) is 11.5. The molecule has 0 saturated carbocycles. The van der Waals surface area contributed by atoms with E-state index in [0.717, 1.165) is 25.9 Å². The van der Waals surface area contributed by atoms with Crippen molar-refractivity contribution in [1.29, 1.82) is 0 Å². The van der Waals surface area contributed by atoms with E-state index in [-0.39, 0.29) is 45.0 Å². The Balaban J connectivity index is 1.43. The zero-order valence-electron chi connectivity index (χ0n) is 28.0. The number of urea groups is 1. The number of carbonyl (C=O) groups is 2. The topological polar surface area (TPSA) is 134 Å². The van der Waals surface area contributed by atoms with Crippen LogP contribution in [0.3, 0.4) is 0 Å². The number of sulfonamides is 1. The van der Waals surface area contributed by atoms with Gasteiger partial charge >= 0.3 is 6.03 Å². The highest BCUT2D eigenvalue weighted by Crippen LogP contribution is 2.50. The van der Waals surface area contributed by atoms with Crippen molar-refractivity contribution in [2.45, 2.75) is 36.2 Å². The molecular formula is C34H41ClN6O7S. The van der Waals surface area contributed by atoms with Gasteiger partial charge in [0.05, 0.1) is 32.1 Å². The quantitative estimate of drug-likeness (QED) is 0.351. The molecule has 2 saturated heterocycles. The van der Waals surface area contributed by atoms with Crippen LogP contribution in [0.25, 0.3) is 0 Å². The molecule has 0 radical (unpaired) electrons. The van der Waals surface area contributed by atoms with Crippen LogP contribution in [0.1, 0.15) is 30.9 Å². The number of carbonyl (C=O) groups excluding carboxylic acids is 2. The van der Waals surface area contributed by atoms with Gasteiger partial charge in [0, 0.05) is 55.1 Å². The second kappa shape index (κ2) is 14.0. The van der Waals surface area contributed by atoms with E-state index in [9.17, 15) is 13.2 Å². The van der Waals surface area contributed by atoms with Crippen molar-refractivity contribution >= 4 is 39.2 Å². The maximum atomic E-state index is 15.1. The molecule has 1 atom stereocenters. The van der Waals surface area contributed by atoms with Gasteiger partial charge in [0.25, 0.3) is 15.9 Å². The molecule has 6 rings (SSSR count). The van der Waals surface area contributed by atoms with Crippen molar-refractivity contribution in [3.63, 3.8) is 0 Å². The lowest BCUT2D eigenvalue weighted by Crippen LogP contribution is -2.61. The standard InChI is InChI=1S/C34H41ClN6O7S/c1-5-48-31-26(7-6-14-36-31)34(37-33(43)40-19-17-39(18-20-40)24-12-15-38(2)16-13-24)27-21-23(35)8-10-28(27)41(32(34)42)49(44,45)30-11-9-25(46-3)22-29(30)47-4/h6-11,14,21-22,24H,5,12-13,15-20H2,1-4H3,(H,37,43). The third kappa shape index (κ3) is 6.26. The Morgan fingerprint density at radius 1 is 1.00 bits per heavy atom. The summed E-state index contributed by atoms with van der Waals surface area (Å²) < 4.78 is 46.4. The smallest absolute Gasteiger partial charge is 0.318 e. The first-order chi connectivity index (χ1) is 23.5. The van der Waals surface area contributed by atoms with Gasteiger partial charge in [-0.25, -0.2) is 18.2 Å². The molecule has 4 heterocycles. The highest BCUT2D eigenvalue weighted by atomic mass is 35.5. The van der Waals surface area contributed by atoms with Crippen molar-refractivity contribution in [2.24, 2.45) is 0 Å². The Hall–Kier alpha value is -4.11. The second-order valence-corrected chi connectivity index (χ2v) is 14.5. The molecule has 2 aromatic carbocycles. The fourth-order valence-electron chi connectivity index (χ4n) is 6.95. The Labute approximate surface area is 291 Å². The van der Waals surface area contributed by atoms with E-state index in [0.29, 0.717) is 42.3 Å². The van der Waals surface area contributed by atoms with Crippen molar-refractivity contribution < 1.29 is 32.2 Å². The molecule has 1 unspecified atom stereocenters. The second-order valence-electron chi connectivity index (χ2n) is 12.3. The Morgan fingerprint density at radius 3 is 2.41 bits per heavy atom. The summed E-state index contributed by atoms with van der Waals surface area (Å²) in [6.07, 6.45) is 3.64. The number of methoxy groups -OCH3 is 2. The zero-order chi connectivity index (χ0) is 34.9. The number of ether oxygens (including phenoxy) is 3. The number of hydrogen-bond donors (Lipinski definition) is 1. The van der Waals surface area contributed by atoms with Gasteiger partial charge in [-0.1, -0.05) is 11.6 Å². The molecule has 3 aliphatic heterocycles. The van der Waals surface area contributed by atoms with Gasteiger partial charge in [0.15, 0.2) is 5.54 Å². The fraction of sp³-hybridized carbons (Fsp3) is 0.441. The summed E-state index contributed by atoms with van der Waals surface area (Å²) in [7, 11) is 0.256.